The molecule has 0 fully saturated rings. The molecule has 0 heterocycles. The fraction of sp³-hybridized carbons (Fsp3) is 0.455. The Morgan fingerprint density at radius 1 is 1.47 bits per heavy atom. The number of aliphatic hydroxyl groups is 1. The molecule has 94 valence electrons. The Bertz CT molecular complexity index is 392. The number of benzene rings is 1. The van der Waals surface area contributed by atoms with Gasteiger partial charge in [0.15, 0.2) is 0 Å². The van der Waals surface area contributed by atoms with Crippen molar-refractivity contribution < 1.29 is 10.0 Å². The molecule has 1 aromatic carbocycles. The average Bonchev–Trinajstić information content (AvgIpc) is 2.28. The summed E-state index contributed by atoms with van der Waals surface area (Å²) < 4.78 is 0.789. The molecule has 0 amide bonds. The highest BCUT2D eigenvalue weighted by atomic mass is 79.9. The van der Waals surface area contributed by atoms with Crippen LogP contribution in [-0.4, -0.2) is 29.7 Å². The molecule has 0 aliphatic carbocycles. The van der Waals surface area contributed by atoms with Crippen LogP contribution >= 0.6 is 15.9 Å². The molecule has 0 aliphatic rings. The standard InChI is InChI=1S/C11H15BrN2O3/c1-2-5-13(6-7-15)11-8-9(12)3-4-10(11)14(16)17/h3-4,8,15H,2,5-7H2,1H3. The predicted octanol–water partition coefficient (Wildman–Crippen LogP) is 2.57. The quantitative estimate of drug-likeness (QED) is 0.648. The van der Waals surface area contributed by atoms with Gasteiger partial charge in [-0.3, -0.25) is 10.1 Å². The highest BCUT2D eigenvalue weighted by molar-refractivity contribution is 9.10. The molecule has 0 saturated carbocycles. The third kappa shape index (κ3) is 3.67. The van der Waals surface area contributed by atoms with Crippen LogP contribution in [0.25, 0.3) is 0 Å². The van der Waals surface area contributed by atoms with E-state index in [2.05, 4.69) is 15.9 Å². The van der Waals surface area contributed by atoms with Crippen molar-refractivity contribution in [2.45, 2.75) is 13.3 Å². The van der Waals surface area contributed by atoms with E-state index in [-0.39, 0.29) is 12.3 Å². The third-order valence-electron chi connectivity index (χ3n) is 2.34. The fourth-order valence-electron chi connectivity index (χ4n) is 1.65. The van der Waals surface area contributed by atoms with Crippen LogP contribution in [-0.2, 0) is 0 Å². The zero-order chi connectivity index (χ0) is 12.8. The molecule has 1 N–H and O–H groups in total. The molecule has 1 aromatic rings. The van der Waals surface area contributed by atoms with Gasteiger partial charge in [-0.05, 0) is 18.6 Å². The molecule has 0 spiro atoms. The topological polar surface area (TPSA) is 66.6 Å². The van der Waals surface area contributed by atoms with E-state index < -0.39 is 4.92 Å². The number of hydrogen-bond donors (Lipinski definition) is 1. The number of nitro groups is 1. The van der Waals surface area contributed by atoms with Crippen molar-refractivity contribution >= 4 is 27.3 Å². The lowest BCUT2D eigenvalue weighted by Gasteiger charge is -2.23. The Labute approximate surface area is 108 Å². The molecule has 6 heteroatoms. The van der Waals surface area contributed by atoms with Crippen molar-refractivity contribution in [2.24, 2.45) is 0 Å². The lowest BCUT2D eigenvalue weighted by molar-refractivity contribution is -0.384. The minimum absolute atomic E-state index is 0.0241. The summed E-state index contributed by atoms with van der Waals surface area (Å²) >= 11 is 3.30. The van der Waals surface area contributed by atoms with Crippen molar-refractivity contribution in [3.05, 3.63) is 32.8 Å². The molecule has 0 bridgehead atoms. The van der Waals surface area contributed by atoms with Gasteiger partial charge in [-0.25, -0.2) is 0 Å². The van der Waals surface area contributed by atoms with Gasteiger partial charge in [0, 0.05) is 23.6 Å². The van der Waals surface area contributed by atoms with E-state index in [0.717, 1.165) is 10.9 Å². The largest absolute Gasteiger partial charge is 0.395 e. The van der Waals surface area contributed by atoms with Crippen LogP contribution in [0.4, 0.5) is 11.4 Å². The Morgan fingerprint density at radius 3 is 2.71 bits per heavy atom. The minimum Gasteiger partial charge on any atom is -0.395 e. The van der Waals surface area contributed by atoms with Crippen LogP contribution in [0, 0.1) is 10.1 Å². The second-order valence-electron chi connectivity index (χ2n) is 3.60. The maximum atomic E-state index is 10.9. The van der Waals surface area contributed by atoms with E-state index in [1.807, 2.05) is 11.8 Å². The van der Waals surface area contributed by atoms with Crippen LogP contribution in [0.5, 0.6) is 0 Å². The van der Waals surface area contributed by atoms with Crippen molar-refractivity contribution in [3.8, 4) is 0 Å². The molecule has 0 atom stereocenters. The molecule has 0 aromatic heterocycles. The van der Waals surface area contributed by atoms with Gasteiger partial charge in [-0.15, -0.1) is 0 Å². The van der Waals surface area contributed by atoms with Gasteiger partial charge >= 0.3 is 0 Å². The van der Waals surface area contributed by atoms with Gasteiger partial charge in [0.25, 0.3) is 5.69 Å². The highest BCUT2D eigenvalue weighted by Crippen LogP contribution is 2.31. The van der Waals surface area contributed by atoms with E-state index in [4.69, 9.17) is 5.11 Å². The normalized spacial score (nSPS) is 10.3. The summed E-state index contributed by atoms with van der Waals surface area (Å²) in [5.74, 6) is 0. The molecule has 0 saturated heterocycles. The molecule has 17 heavy (non-hydrogen) atoms. The number of nitrogens with zero attached hydrogens (tertiary/aromatic N) is 2. The first-order valence-corrected chi connectivity index (χ1v) is 6.19. The number of rotatable bonds is 6. The van der Waals surface area contributed by atoms with Crippen LogP contribution in [0.1, 0.15) is 13.3 Å². The fourth-order valence-corrected chi connectivity index (χ4v) is 2.00. The van der Waals surface area contributed by atoms with Gasteiger partial charge in [0.1, 0.15) is 5.69 Å². The zero-order valence-electron chi connectivity index (χ0n) is 9.60. The van der Waals surface area contributed by atoms with E-state index in [9.17, 15) is 10.1 Å². The van der Waals surface area contributed by atoms with Crippen molar-refractivity contribution in [2.75, 3.05) is 24.6 Å². The van der Waals surface area contributed by atoms with Crippen molar-refractivity contribution in [3.63, 3.8) is 0 Å². The minimum atomic E-state index is -0.401. The number of nitro benzene ring substituents is 1. The van der Waals surface area contributed by atoms with E-state index in [1.54, 1.807) is 12.1 Å². The van der Waals surface area contributed by atoms with E-state index in [1.165, 1.54) is 6.07 Å². The van der Waals surface area contributed by atoms with E-state index in [0.29, 0.717) is 18.8 Å². The summed E-state index contributed by atoms with van der Waals surface area (Å²) in [6, 6.07) is 4.83. The first-order valence-electron chi connectivity index (χ1n) is 5.40. The summed E-state index contributed by atoms with van der Waals surface area (Å²) in [4.78, 5) is 12.4. The first-order chi connectivity index (χ1) is 8.10. The summed E-state index contributed by atoms with van der Waals surface area (Å²) in [5.41, 5.74) is 0.607. The Balaban J connectivity index is 3.14. The van der Waals surface area contributed by atoms with Crippen LogP contribution < -0.4 is 4.90 Å². The van der Waals surface area contributed by atoms with Crippen molar-refractivity contribution in [1.29, 1.82) is 0 Å². The SMILES string of the molecule is CCCN(CCO)c1cc(Br)ccc1[N+](=O)[O-]. The number of halogens is 1. The lowest BCUT2D eigenvalue weighted by Crippen LogP contribution is -2.28. The van der Waals surface area contributed by atoms with Crippen LogP contribution in [0.3, 0.4) is 0 Å². The summed E-state index contributed by atoms with van der Waals surface area (Å²) in [5, 5.41) is 19.9. The van der Waals surface area contributed by atoms with Gasteiger partial charge in [0.05, 0.1) is 11.5 Å². The smallest absolute Gasteiger partial charge is 0.292 e. The highest BCUT2D eigenvalue weighted by Gasteiger charge is 2.18. The zero-order valence-corrected chi connectivity index (χ0v) is 11.2. The third-order valence-corrected chi connectivity index (χ3v) is 2.83. The van der Waals surface area contributed by atoms with Gasteiger partial charge in [-0.1, -0.05) is 22.9 Å². The molecule has 1 rings (SSSR count). The number of anilines is 1. The molecular formula is C11H15BrN2O3. The predicted molar refractivity (Wildman–Crippen MR) is 70.4 cm³/mol. The second-order valence-corrected chi connectivity index (χ2v) is 4.52. The maximum Gasteiger partial charge on any atom is 0.292 e. The lowest BCUT2D eigenvalue weighted by atomic mass is 10.2. The average molecular weight is 303 g/mol. The monoisotopic (exact) mass is 302 g/mol. The summed E-state index contributed by atoms with van der Waals surface area (Å²) in [7, 11) is 0. The maximum absolute atomic E-state index is 10.9. The van der Waals surface area contributed by atoms with Gasteiger partial charge in [0.2, 0.25) is 0 Å². The van der Waals surface area contributed by atoms with Crippen LogP contribution in [0.2, 0.25) is 0 Å². The number of aliphatic hydroxyl groups excluding tert-OH is 1. The van der Waals surface area contributed by atoms with Crippen LogP contribution in [0.15, 0.2) is 22.7 Å². The Hall–Kier alpha value is -1.14. The second kappa shape index (κ2) is 6.56. The first kappa shape index (κ1) is 13.9. The van der Waals surface area contributed by atoms with Gasteiger partial charge in [-0.2, -0.15) is 0 Å². The molecule has 0 radical (unpaired) electrons. The number of hydrogen-bond acceptors (Lipinski definition) is 4. The molecule has 0 aliphatic heterocycles. The Morgan fingerprint density at radius 2 is 2.18 bits per heavy atom. The Kier molecular flexibility index (Phi) is 5.37. The van der Waals surface area contributed by atoms with E-state index >= 15 is 0 Å². The molecular weight excluding hydrogens is 288 g/mol. The summed E-state index contributed by atoms with van der Waals surface area (Å²) in [6.07, 6.45) is 0.865. The molecule has 5 nitrogen and oxygen atoms in total. The van der Waals surface area contributed by atoms with Gasteiger partial charge < -0.3 is 10.0 Å². The molecule has 0 unspecified atom stereocenters. The van der Waals surface area contributed by atoms with Crippen molar-refractivity contribution in [1.82, 2.24) is 0 Å². The summed E-state index contributed by atoms with van der Waals surface area (Å²) in [6.45, 7) is 3.04.